The van der Waals surface area contributed by atoms with Gasteiger partial charge < -0.3 is 9.47 Å². The summed E-state index contributed by atoms with van der Waals surface area (Å²) in [5.74, 6) is 1.71. The van der Waals surface area contributed by atoms with Crippen molar-refractivity contribution in [2.75, 3.05) is 14.2 Å². The zero-order chi connectivity index (χ0) is 19.5. The first-order chi connectivity index (χ1) is 13.7. The Bertz CT molecular complexity index is 879. The second kappa shape index (κ2) is 8.05. The van der Waals surface area contributed by atoms with Gasteiger partial charge in [0, 0.05) is 17.4 Å². The van der Waals surface area contributed by atoms with Crippen LogP contribution in [-0.2, 0) is 11.3 Å². The number of hydrogen-bond donors (Lipinski definition) is 0. The average Bonchev–Trinajstić information content (AvgIpc) is 2.76. The zero-order valence-corrected chi connectivity index (χ0v) is 16.4. The highest BCUT2D eigenvalue weighted by atomic mass is 16.5. The summed E-state index contributed by atoms with van der Waals surface area (Å²) < 4.78 is 10.9. The molecule has 0 spiro atoms. The lowest BCUT2D eigenvalue weighted by Crippen LogP contribution is -2.45. The molecule has 0 aromatic heterocycles. The van der Waals surface area contributed by atoms with Gasteiger partial charge in [0.15, 0.2) is 11.5 Å². The number of hydrogen-bond acceptors (Lipinski definition) is 4. The van der Waals surface area contributed by atoms with Crippen molar-refractivity contribution in [3.8, 4) is 11.5 Å². The molecule has 1 aliphatic carbocycles. The molecule has 28 heavy (non-hydrogen) atoms. The Balaban J connectivity index is 1.73. The quantitative estimate of drug-likeness (QED) is 0.781. The molecule has 0 unspecified atom stereocenters. The molecule has 0 N–H and O–H groups in total. The van der Waals surface area contributed by atoms with E-state index in [1.165, 1.54) is 0 Å². The number of benzene rings is 2. The van der Waals surface area contributed by atoms with E-state index in [4.69, 9.17) is 14.6 Å². The van der Waals surface area contributed by atoms with Crippen LogP contribution in [0.4, 0.5) is 0 Å². The largest absolute Gasteiger partial charge is 0.493 e. The van der Waals surface area contributed by atoms with Gasteiger partial charge in [0.05, 0.1) is 26.5 Å². The second-order valence-electron chi connectivity index (χ2n) is 7.43. The molecule has 0 bridgehead atoms. The molecule has 2 aliphatic rings. The third-order valence-corrected chi connectivity index (χ3v) is 5.77. The number of fused-ring (bicyclic) bond motifs is 1. The number of methoxy groups -OCH3 is 2. The summed E-state index contributed by atoms with van der Waals surface area (Å²) >= 11 is 0. The van der Waals surface area contributed by atoms with Gasteiger partial charge in [-0.25, -0.2) is 5.01 Å². The van der Waals surface area contributed by atoms with E-state index in [1.807, 2.05) is 48.5 Å². The predicted molar refractivity (Wildman–Crippen MR) is 109 cm³/mol. The van der Waals surface area contributed by atoms with Gasteiger partial charge in [0.2, 0.25) is 5.91 Å². The number of hydrazone groups is 1. The van der Waals surface area contributed by atoms with E-state index in [9.17, 15) is 4.79 Å². The molecule has 2 aromatic rings. The molecule has 1 fully saturated rings. The summed E-state index contributed by atoms with van der Waals surface area (Å²) in [6, 6.07) is 15.9. The monoisotopic (exact) mass is 378 g/mol. The molecule has 146 valence electrons. The molecule has 1 aliphatic heterocycles. The van der Waals surface area contributed by atoms with Gasteiger partial charge in [-0.05, 0) is 36.6 Å². The molecular formula is C23H26N2O3. The first-order valence-corrected chi connectivity index (χ1v) is 9.87. The molecular weight excluding hydrogens is 352 g/mol. The number of nitrogens with zero attached hydrogens (tertiary/aromatic N) is 2. The summed E-state index contributed by atoms with van der Waals surface area (Å²) in [6.45, 7) is 0.500. The van der Waals surface area contributed by atoms with E-state index in [1.54, 1.807) is 19.2 Å². The van der Waals surface area contributed by atoms with E-state index in [0.29, 0.717) is 18.0 Å². The third-order valence-electron chi connectivity index (χ3n) is 5.77. The van der Waals surface area contributed by atoms with Gasteiger partial charge in [-0.1, -0.05) is 43.2 Å². The van der Waals surface area contributed by atoms with Crippen molar-refractivity contribution in [1.29, 1.82) is 0 Å². The van der Waals surface area contributed by atoms with E-state index < -0.39 is 0 Å². The van der Waals surface area contributed by atoms with Crippen LogP contribution < -0.4 is 9.47 Å². The van der Waals surface area contributed by atoms with Crippen molar-refractivity contribution in [3.63, 3.8) is 0 Å². The topological polar surface area (TPSA) is 51.1 Å². The van der Waals surface area contributed by atoms with Crippen molar-refractivity contribution in [3.05, 3.63) is 59.7 Å². The number of ether oxygens (including phenoxy) is 2. The van der Waals surface area contributed by atoms with Crippen LogP contribution in [0.2, 0.25) is 0 Å². The van der Waals surface area contributed by atoms with Crippen LogP contribution >= 0.6 is 0 Å². The summed E-state index contributed by atoms with van der Waals surface area (Å²) in [5, 5.41) is 6.51. The maximum Gasteiger partial charge on any atom is 0.246 e. The van der Waals surface area contributed by atoms with Gasteiger partial charge in [0.1, 0.15) is 0 Å². The normalized spacial score (nSPS) is 21.7. The molecule has 4 rings (SSSR count). The molecule has 5 heteroatoms. The molecule has 0 saturated heterocycles. The van der Waals surface area contributed by atoms with E-state index >= 15 is 0 Å². The highest BCUT2D eigenvalue weighted by Crippen LogP contribution is 2.39. The van der Waals surface area contributed by atoms with Gasteiger partial charge in [-0.2, -0.15) is 5.10 Å². The first-order valence-electron chi connectivity index (χ1n) is 9.87. The zero-order valence-electron chi connectivity index (χ0n) is 16.4. The van der Waals surface area contributed by atoms with Gasteiger partial charge in [0.25, 0.3) is 0 Å². The SMILES string of the molecule is COc1ccc(C2=NN(Cc3ccccc3)C(=O)[C@@H]3CCCC[C@H]23)cc1OC. The molecule has 2 atom stereocenters. The smallest absolute Gasteiger partial charge is 0.246 e. The Kier molecular flexibility index (Phi) is 5.33. The number of rotatable bonds is 5. The second-order valence-corrected chi connectivity index (χ2v) is 7.43. The average molecular weight is 378 g/mol. The maximum absolute atomic E-state index is 13.1. The van der Waals surface area contributed by atoms with Crippen molar-refractivity contribution in [1.82, 2.24) is 5.01 Å². The standard InChI is InChI=1S/C23H26N2O3/c1-27-20-13-12-17(14-21(20)28-2)22-18-10-6-7-11-19(18)23(26)25(24-22)15-16-8-4-3-5-9-16/h3-5,8-9,12-14,18-19H,6-7,10-11,15H2,1-2H3/t18-,19+/m0/s1. The van der Waals surface area contributed by atoms with Crippen molar-refractivity contribution < 1.29 is 14.3 Å². The minimum Gasteiger partial charge on any atom is -0.493 e. The molecule has 0 radical (unpaired) electrons. The minimum absolute atomic E-state index is 0.0121. The number of carbonyl (C=O) groups excluding carboxylic acids is 1. The summed E-state index contributed by atoms with van der Waals surface area (Å²) in [7, 11) is 3.27. The van der Waals surface area contributed by atoms with Crippen LogP contribution in [0.5, 0.6) is 11.5 Å². The molecule has 1 heterocycles. The summed E-state index contributed by atoms with van der Waals surface area (Å²) in [4.78, 5) is 13.1. The van der Waals surface area contributed by atoms with Crippen LogP contribution in [0.3, 0.4) is 0 Å². The lowest BCUT2D eigenvalue weighted by molar-refractivity contribution is -0.139. The Morgan fingerprint density at radius 1 is 0.964 bits per heavy atom. The summed E-state index contributed by atoms with van der Waals surface area (Å²) in [6.07, 6.45) is 4.18. The van der Waals surface area contributed by atoms with Gasteiger partial charge >= 0.3 is 0 Å². The minimum atomic E-state index is 0.0121. The van der Waals surface area contributed by atoms with Crippen molar-refractivity contribution >= 4 is 11.6 Å². The fourth-order valence-electron chi connectivity index (χ4n) is 4.34. The maximum atomic E-state index is 13.1. The molecule has 1 saturated carbocycles. The Hall–Kier alpha value is -2.82. The van der Waals surface area contributed by atoms with Crippen molar-refractivity contribution in [2.45, 2.75) is 32.2 Å². The Morgan fingerprint density at radius 3 is 2.39 bits per heavy atom. The summed E-state index contributed by atoms with van der Waals surface area (Å²) in [5.41, 5.74) is 3.07. The van der Waals surface area contributed by atoms with E-state index in [-0.39, 0.29) is 17.7 Å². The lowest BCUT2D eigenvalue weighted by atomic mass is 9.73. The highest BCUT2D eigenvalue weighted by molar-refractivity contribution is 6.07. The third kappa shape index (κ3) is 3.49. The molecule has 2 aromatic carbocycles. The molecule has 5 nitrogen and oxygen atoms in total. The van der Waals surface area contributed by atoms with E-state index in [0.717, 1.165) is 42.5 Å². The van der Waals surface area contributed by atoms with E-state index in [2.05, 4.69) is 0 Å². The molecule has 1 amide bonds. The van der Waals surface area contributed by atoms with Gasteiger partial charge in [-0.3, -0.25) is 4.79 Å². The first kappa shape index (κ1) is 18.5. The van der Waals surface area contributed by atoms with Crippen LogP contribution in [0.1, 0.15) is 36.8 Å². The van der Waals surface area contributed by atoms with Crippen LogP contribution in [0.15, 0.2) is 53.6 Å². The number of amides is 1. The lowest BCUT2D eigenvalue weighted by Gasteiger charge is -2.38. The van der Waals surface area contributed by atoms with Gasteiger partial charge in [-0.15, -0.1) is 0 Å². The fraction of sp³-hybridized carbons (Fsp3) is 0.391. The Labute approximate surface area is 166 Å². The van der Waals surface area contributed by atoms with Crippen LogP contribution in [0.25, 0.3) is 0 Å². The van der Waals surface area contributed by atoms with Crippen molar-refractivity contribution in [2.24, 2.45) is 16.9 Å². The number of carbonyl (C=O) groups is 1. The predicted octanol–water partition coefficient (Wildman–Crippen LogP) is 4.26. The Morgan fingerprint density at radius 2 is 1.68 bits per heavy atom. The fourth-order valence-corrected chi connectivity index (χ4v) is 4.34. The van der Waals surface area contributed by atoms with Crippen LogP contribution in [-0.4, -0.2) is 30.8 Å². The van der Waals surface area contributed by atoms with Crippen LogP contribution in [0, 0.1) is 11.8 Å². The highest BCUT2D eigenvalue weighted by Gasteiger charge is 2.41.